The minimum absolute atomic E-state index is 0.240. The lowest BCUT2D eigenvalue weighted by Gasteiger charge is -2.15. The Morgan fingerprint density at radius 1 is 1.27 bits per heavy atom. The molecule has 0 atom stereocenters. The minimum atomic E-state index is -0.585. The van der Waals surface area contributed by atoms with Crippen LogP contribution in [-0.2, 0) is 9.59 Å². The highest BCUT2D eigenvalue weighted by Crippen LogP contribution is 2.38. The number of anilines is 1. The normalized spacial score (nSPS) is 15.0. The molecule has 2 aromatic rings. The summed E-state index contributed by atoms with van der Waals surface area (Å²) in [7, 11) is 0. The highest BCUT2D eigenvalue weighted by atomic mass is 79.9. The monoisotopic (exact) mass is 526 g/mol. The molecule has 2 aromatic carbocycles. The van der Waals surface area contributed by atoms with Crippen LogP contribution in [0.2, 0.25) is 5.02 Å². The Morgan fingerprint density at radius 3 is 2.70 bits per heavy atom. The van der Waals surface area contributed by atoms with Crippen molar-refractivity contribution >= 4 is 79.4 Å². The molecule has 156 valence electrons. The third-order valence-corrected chi connectivity index (χ3v) is 6.43. The van der Waals surface area contributed by atoms with Crippen LogP contribution in [0.4, 0.5) is 5.69 Å². The van der Waals surface area contributed by atoms with E-state index >= 15 is 0 Å². The Morgan fingerprint density at radius 2 is 2.03 bits per heavy atom. The van der Waals surface area contributed by atoms with Crippen LogP contribution in [0.3, 0.4) is 0 Å². The van der Waals surface area contributed by atoms with Crippen LogP contribution in [0.5, 0.6) is 11.5 Å². The fourth-order valence-corrected chi connectivity index (χ4v) is 4.34. The van der Waals surface area contributed by atoms with E-state index in [1.807, 2.05) is 6.92 Å². The number of rotatable bonds is 7. The molecule has 1 aliphatic heterocycles. The molecule has 0 unspecified atom stereocenters. The summed E-state index contributed by atoms with van der Waals surface area (Å²) in [6.07, 6.45) is 1.72. The number of nitrogens with zero attached hydrogens (tertiary/aromatic N) is 1. The van der Waals surface area contributed by atoms with Gasteiger partial charge in [0.05, 0.1) is 22.2 Å². The molecular formula is C20H16BrClN2O4S2. The number of carbonyl (C=O) groups is 2. The fourth-order valence-electron chi connectivity index (χ4n) is 2.62. The first-order valence-corrected chi connectivity index (χ1v) is 11.1. The fraction of sp³-hybridized carbons (Fsp3) is 0.150. The molecule has 1 fully saturated rings. The van der Waals surface area contributed by atoms with E-state index in [4.69, 9.17) is 39.0 Å². The third kappa shape index (κ3) is 5.15. The van der Waals surface area contributed by atoms with E-state index in [0.29, 0.717) is 38.0 Å². The van der Waals surface area contributed by atoms with Crippen LogP contribution >= 0.6 is 51.5 Å². The molecule has 3 rings (SSSR count). The van der Waals surface area contributed by atoms with Gasteiger partial charge in [-0.2, -0.15) is 0 Å². The zero-order chi connectivity index (χ0) is 21.8. The van der Waals surface area contributed by atoms with Crippen molar-refractivity contribution < 1.29 is 19.1 Å². The van der Waals surface area contributed by atoms with Gasteiger partial charge in [-0.1, -0.05) is 41.6 Å². The van der Waals surface area contributed by atoms with Crippen molar-refractivity contribution in [1.82, 2.24) is 0 Å². The van der Waals surface area contributed by atoms with E-state index in [-0.39, 0.29) is 12.5 Å². The lowest BCUT2D eigenvalue weighted by molar-refractivity contribution is -0.120. The van der Waals surface area contributed by atoms with Crippen molar-refractivity contribution in [3.8, 4) is 11.5 Å². The first kappa shape index (κ1) is 22.6. The highest BCUT2D eigenvalue weighted by molar-refractivity contribution is 9.10. The minimum Gasteiger partial charge on any atom is -0.490 e. The van der Waals surface area contributed by atoms with Crippen molar-refractivity contribution in [2.45, 2.75) is 6.92 Å². The first-order valence-electron chi connectivity index (χ1n) is 8.71. The summed E-state index contributed by atoms with van der Waals surface area (Å²) in [5, 5.41) is 0.485. The van der Waals surface area contributed by atoms with Crippen LogP contribution in [0.25, 0.3) is 6.08 Å². The standard InChI is InChI=1S/C20H16BrClN2O4S2/c1-2-27-16-7-11(3-6-15(16)28-10-18(23)25)8-17-19(26)24(20(29)30-17)12-4-5-13(21)14(22)9-12/h3-9H,2,10H2,1H3,(H2,23,25)/b17-8-. The Bertz CT molecular complexity index is 1060. The maximum atomic E-state index is 13.0. The molecule has 0 radical (unpaired) electrons. The highest BCUT2D eigenvalue weighted by Gasteiger charge is 2.33. The molecule has 0 saturated carbocycles. The van der Waals surface area contributed by atoms with Gasteiger partial charge in [0, 0.05) is 4.47 Å². The summed E-state index contributed by atoms with van der Waals surface area (Å²) in [4.78, 5) is 25.8. The van der Waals surface area contributed by atoms with Crippen molar-refractivity contribution in [3.63, 3.8) is 0 Å². The molecule has 0 aromatic heterocycles. The van der Waals surface area contributed by atoms with Gasteiger partial charge in [-0.15, -0.1) is 0 Å². The molecule has 6 nitrogen and oxygen atoms in total. The average Bonchev–Trinajstić information content (AvgIpc) is 2.97. The van der Waals surface area contributed by atoms with E-state index in [1.54, 1.807) is 42.5 Å². The summed E-state index contributed by atoms with van der Waals surface area (Å²) in [5.74, 6) is 0.0150. The number of primary amides is 1. The average molecular weight is 528 g/mol. The van der Waals surface area contributed by atoms with Crippen LogP contribution in [0.15, 0.2) is 45.8 Å². The number of ether oxygens (including phenoxy) is 2. The van der Waals surface area contributed by atoms with Gasteiger partial charge in [0.1, 0.15) is 0 Å². The van der Waals surface area contributed by atoms with Gasteiger partial charge in [0.15, 0.2) is 22.4 Å². The van der Waals surface area contributed by atoms with Crippen molar-refractivity contribution in [3.05, 3.63) is 56.4 Å². The Labute approximate surface area is 196 Å². The third-order valence-electron chi connectivity index (χ3n) is 3.89. The number of thioether (sulfide) groups is 1. The number of halogens is 2. The number of thiocarbonyl (C=S) groups is 1. The summed E-state index contributed by atoms with van der Waals surface area (Å²) in [6, 6.07) is 10.3. The quantitative estimate of drug-likeness (QED) is 0.413. The largest absolute Gasteiger partial charge is 0.490 e. The second-order valence-corrected chi connectivity index (χ2v) is 8.95. The zero-order valence-electron chi connectivity index (χ0n) is 15.7. The van der Waals surface area contributed by atoms with Gasteiger partial charge in [-0.3, -0.25) is 14.5 Å². The van der Waals surface area contributed by atoms with Crippen molar-refractivity contribution in [1.29, 1.82) is 0 Å². The second kappa shape index (κ2) is 9.82. The molecule has 0 spiro atoms. The van der Waals surface area contributed by atoms with E-state index in [9.17, 15) is 9.59 Å². The van der Waals surface area contributed by atoms with Gasteiger partial charge < -0.3 is 15.2 Å². The maximum Gasteiger partial charge on any atom is 0.270 e. The van der Waals surface area contributed by atoms with Crippen molar-refractivity contribution in [2.24, 2.45) is 5.73 Å². The molecule has 2 N–H and O–H groups in total. The van der Waals surface area contributed by atoms with Crippen molar-refractivity contribution in [2.75, 3.05) is 18.1 Å². The molecule has 2 amide bonds. The molecule has 10 heteroatoms. The van der Waals surface area contributed by atoms with Gasteiger partial charge >= 0.3 is 0 Å². The Hall–Kier alpha value is -2.07. The van der Waals surface area contributed by atoms with Gasteiger partial charge in [0.25, 0.3) is 11.8 Å². The first-order chi connectivity index (χ1) is 14.3. The molecule has 1 heterocycles. The van der Waals surface area contributed by atoms with Crippen LogP contribution in [-0.4, -0.2) is 29.3 Å². The maximum absolute atomic E-state index is 13.0. The predicted octanol–water partition coefficient (Wildman–Crippen LogP) is 4.77. The summed E-state index contributed by atoms with van der Waals surface area (Å²) >= 11 is 16.1. The molecule has 0 bridgehead atoms. The number of hydrogen-bond donors (Lipinski definition) is 1. The van der Waals surface area contributed by atoms with Crippen LogP contribution < -0.4 is 20.1 Å². The molecular weight excluding hydrogens is 512 g/mol. The second-order valence-electron chi connectivity index (χ2n) is 6.01. The number of benzene rings is 2. The topological polar surface area (TPSA) is 81.9 Å². The molecule has 1 saturated heterocycles. The molecule has 0 aliphatic carbocycles. The van der Waals surface area contributed by atoms with Gasteiger partial charge in [-0.05, 0) is 64.8 Å². The summed E-state index contributed by atoms with van der Waals surface area (Å²) < 4.78 is 12.1. The number of amides is 2. The molecule has 1 aliphatic rings. The Balaban J connectivity index is 1.88. The zero-order valence-corrected chi connectivity index (χ0v) is 19.7. The number of hydrogen-bond acceptors (Lipinski definition) is 6. The lowest BCUT2D eigenvalue weighted by Crippen LogP contribution is -2.27. The summed E-state index contributed by atoms with van der Waals surface area (Å²) in [6.45, 7) is 1.98. The van der Waals surface area contributed by atoms with Crippen LogP contribution in [0, 0.1) is 0 Å². The number of nitrogens with two attached hydrogens (primary N) is 1. The number of carbonyl (C=O) groups excluding carboxylic acids is 2. The van der Waals surface area contributed by atoms with E-state index in [0.717, 1.165) is 10.0 Å². The Kier molecular flexibility index (Phi) is 7.41. The smallest absolute Gasteiger partial charge is 0.270 e. The van der Waals surface area contributed by atoms with E-state index < -0.39 is 5.91 Å². The SMILES string of the molecule is CCOc1cc(/C=C2\SC(=S)N(c3ccc(Br)c(Cl)c3)C2=O)ccc1OCC(N)=O. The lowest BCUT2D eigenvalue weighted by atomic mass is 10.1. The van der Waals surface area contributed by atoms with E-state index in [1.165, 1.54) is 16.7 Å². The van der Waals surface area contributed by atoms with E-state index in [2.05, 4.69) is 15.9 Å². The van der Waals surface area contributed by atoms with Gasteiger partial charge in [-0.25, -0.2) is 0 Å². The molecule has 30 heavy (non-hydrogen) atoms. The van der Waals surface area contributed by atoms with Gasteiger partial charge in [0.2, 0.25) is 0 Å². The van der Waals surface area contributed by atoms with Crippen LogP contribution in [0.1, 0.15) is 12.5 Å². The predicted molar refractivity (Wildman–Crippen MR) is 127 cm³/mol. The summed E-state index contributed by atoms with van der Waals surface area (Å²) in [5.41, 5.74) is 6.45.